The second-order valence-electron chi connectivity index (χ2n) is 7.11. The first-order valence-electron chi connectivity index (χ1n) is 8.32. The van der Waals surface area contributed by atoms with Crippen molar-refractivity contribution < 1.29 is 4.79 Å². The van der Waals surface area contributed by atoms with Crippen LogP contribution in [0.15, 0.2) is 0 Å². The number of hydrogen-bond acceptors (Lipinski definition) is 3. The largest absolute Gasteiger partial charge is 0.352 e. The summed E-state index contributed by atoms with van der Waals surface area (Å²) in [5.41, 5.74) is 0.332. The molecule has 3 nitrogen and oxygen atoms in total. The van der Waals surface area contributed by atoms with Crippen LogP contribution in [-0.4, -0.2) is 34.5 Å². The second-order valence-corrected chi connectivity index (χ2v) is 8.71. The predicted octanol–water partition coefficient (Wildman–Crippen LogP) is 2.84. The minimum Gasteiger partial charge on any atom is -0.352 e. The number of thioether (sulfide) groups is 1. The number of carbonyl (C=O) groups is 1. The number of rotatable bonds is 2. The van der Waals surface area contributed by atoms with Gasteiger partial charge in [0, 0.05) is 11.6 Å². The highest BCUT2D eigenvalue weighted by Gasteiger charge is 2.41. The van der Waals surface area contributed by atoms with E-state index < -0.39 is 0 Å². The average molecular weight is 296 g/mol. The van der Waals surface area contributed by atoms with Crippen LogP contribution in [0.25, 0.3) is 0 Å². The summed E-state index contributed by atoms with van der Waals surface area (Å²) in [6.07, 6.45) is 11.1. The first-order chi connectivity index (χ1) is 9.62. The van der Waals surface area contributed by atoms with Crippen molar-refractivity contribution in [2.24, 2.45) is 0 Å². The van der Waals surface area contributed by atoms with Gasteiger partial charge in [0.15, 0.2) is 0 Å². The number of hydrogen-bond donors (Lipinski definition) is 2. The van der Waals surface area contributed by atoms with Gasteiger partial charge in [-0.15, -0.1) is 11.8 Å². The molecule has 114 valence electrons. The molecule has 0 bridgehead atoms. The van der Waals surface area contributed by atoms with Crippen LogP contribution in [0.3, 0.4) is 0 Å². The monoisotopic (exact) mass is 296 g/mol. The van der Waals surface area contributed by atoms with Gasteiger partial charge in [-0.1, -0.05) is 19.3 Å². The van der Waals surface area contributed by atoms with E-state index in [0.717, 1.165) is 31.6 Å². The van der Waals surface area contributed by atoms with Crippen molar-refractivity contribution in [3.05, 3.63) is 0 Å². The summed E-state index contributed by atoms with van der Waals surface area (Å²) in [5, 5.41) is 7.13. The van der Waals surface area contributed by atoms with E-state index in [-0.39, 0.29) is 10.7 Å². The molecule has 2 heterocycles. The maximum Gasteiger partial charge on any atom is 0.236 e. The Bertz CT molecular complexity index is 354. The van der Waals surface area contributed by atoms with Crippen LogP contribution in [0.2, 0.25) is 0 Å². The molecule has 1 amide bonds. The lowest BCUT2D eigenvalue weighted by atomic mass is 9.75. The maximum absolute atomic E-state index is 12.6. The first-order valence-corrected chi connectivity index (χ1v) is 9.31. The molecule has 2 atom stereocenters. The Morgan fingerprint density at radius 1 is 1.20 bits per heavy atom. The predicted molar refractivity (Wildman–Crippen MR) is 85.1 cm³/mol. The Balaban J connectivity index is 1.58. The third-order valence-electron chi connectivity index (χ3n) is 5.47. The van der Waals surface area contributed by atoms with E-state index in [1.54, 1.807) is 0 Å². The fraction of sp³-hybridized carbons (Fsp3) is 0.938. The molecule has 0 aromatic rings. The molecule has 0 aromatic heterocycles. The molecule has 3 rings (SSSR count). The van der Waals surface area contributed by atoms with Gasteiger partial charge < -0.3 is 10.6 Å². The van der Waals surface area contributed by atoms with Gasteiger partial charge in [-0.2, -0.15) is 0 Å². The summed E-state index contributed by atoms with van der Waals surface area (Å²) >= 11 is 1.84. The SMILES string of the molecule is CC1(C(=O)NC2CCNC3(CCCCC3)C2)CCCS1. The van der Waals surface area contributed by atoms with Gasteiger partial charge >= 0.3 is 0 Å². The smallest absolute Gasteiger partial charge is 0.236 e. The van der Waals surface area contributed by atoms with Crippen molar-refractivity contribution in [1.82, 2.24) is 10.6 Å². The molecule has 0 radical (unpaired) electrons. The van der Waals surface area contributed by atoms with E-state index in [9.17, 15) is 4.79 Å². The quantitative estimate of drug-likeness (QED) is 0.823. The molecule has 20 heavy (non-hydrogen) atoms. The van der Waals surface area contributed by atoms with Crippen molar-refractivity contribution >= 4 is 17.7 Å². The third kappa shape index (κ3) is 3.01. The lowest BCUT2D eigenvalue weighted by molar-refractivity contribution is -0.124. The summed E-state index contributed by atoms with van der Waals surface area (Å²) in [7, 11) is 0. The molecule has 3 aliphatic rings. The third-order valence-corrected chi connectivity index (χ3v) is 6.99. The highest BCUT2D eigenvalue weighted by molar-refractivity contribution is 8.01. The fourth-order valence-electron chi connectivity index (χ4n) is 4.19. The van der Waals surface area contributed by atoms with Gasteiger partial charge in [0.1, 0.15) is 0 Å². The molecular weight excluding hydrogens is 268 g/mol. The van der Waals surface area contributed by atoms with Crippen LogP contribution in [0.4, 0.5) is 0 Å². The number of carbonyl (C=O) groups excluding carboxylic acids is 1. The normalized spacial score (nSPS) is 37.0. The average Bonchev–Trinajstić information content (AvgIpc) is 2.88. The molecule has 2 aliphatic heterocycles. The molecule has 1 saturated carbocycles. The van der Waals surface area contributed by atoms with Crippen molar-refractivity contribution in [1.29, 1.82) is 0 Å². The van der Waals surface area contributed by atoms with Gasteiger partial charge in [0.2, 0.25) is 5.91 Å². The van der Waals surface area contributed by atoms with Gasteiger partial charge in [-0.3, -0.25) is 4.79 Å². The topological polar surface area (TPSA) is 41.1 Å². The number of nitrogens with one attached hydrogen (secondary N) is 2. The van der Waals surface area contributed by atoms with Crippen LogP contribution in [-0.2, 0) is 4.79 Å². The second kappa shape index (κ2) is 5.88. The van der Waals surface area contributed by atoms with Crippen LogP contribution in [0.5, 0.6) is 0 Å². The number of piperidine rings is 1. The summed E-state index contributed by atoms with van der Waals surface area (Å²) in [5.74, 6) is 1.43. The van der Waals surface area contributed by atoms with E-state index in [1.165, 1.54) is 38.5 Å². The lowest BCUT2D eigenvalue weighted by Gasteiger charge is -2.45. The van der Waals surface area contributed by atoms with Gasteiger partial charge in [-0.05, 0) is 57.7 Å². The van der Waals surface area contributed by atoms with Crippen molar-refractivity contribution in [2.75, 3.05) is 12.3 Å². The van der Waals surface area contributed by atoms with Crippen LogP contribution in [0.1, 0.15) is 64.7 Å². The molecule has 1 spiro atoms. The molecule has 2 N–H and O–H groups in total. The molecule has 3 fully saturated rings. The molecule has 1 aliphatic carbocycles. The zero-order valence-electron chi connectivity index (χ0n) is 12.7. The Kier molecular flexibility index (Phi) is 4.32. The maximum atomic E-state index is 12.6. The van der Waals surface area contributed by atoms with Crippen LogP contribution >= 0.6 is 11.8 Å². The highest BCUT2D eigenvalue weighted by Crippen LogP contribution is 2.39. The number of amides is 1. The van der Waals surface area contributed by atoms with Crippen molar-refractivity contribution in [2.45, 2.75) is 81.0 Å². The van der Waals surface area contributed by atoms with Crippen LogP contribution < -0.4 is 10.6 Å². The Morgan fingerprint density at radius 2 is 2.00 bits per heavy atom. The zero-order chi connectivity index (χ0) is 14.1. The summed E-state index contributed by atoms with van der Waals surface area (Å²) in [6.45, 7) is 3.19. The van der Waals surface area contributed by atoms with Gasteiger partial charge in [0.25, 0.3) is 0 Å². The van der Waals surface area contributed by atoms with E-state index >= 15 is 0 Å². The molecule has 2 saturated heterocycles. The van der Waals surface area contributed by atoms with Gasteiger partial charge in [-0.25, -0.2) is 0 Å². The standard InChI is InChI=1S/C16H28N2OS/c1-15(7-5-11-20-15)14(19)18-13-6-10-17-16(12-13)8-3-2-4-9-16/h13,17H,2-12H2,1H3,(H,18,19). The highest BCUT2D eigenvalue weighted by atomic mass is 32.2. The van der Waals surface area contributed by atoms with Gasteiger partial charge in [0.05, 0.1) is 4.75 Å². The van der Waals surface area contributed by atoms with E-state index in [0.29, 0.717) is 11.6 Å². The Hall–Kier alpha value is -0.220. The van der Waals surface area contributed by atoms with E-state index in [2.05, 4.69) is 17.6 Å². The fourth-order valence-corrected chi connectivity index (χ4v) is 5.40. The molecule has 2 unspecified atom stereocenters. The summed E-state index contributed by atoms with van der Waals surface area (Å²) in [6, 6.07) is 0.389. The summed E-state index contributed by atoms with van der Waals surface area (Å²) in [4.78, 5) is 12.6. The minimum atomic E-state index is -0.162. The summed E-state index contributed by atoms with van der Waals surface area (Å²) < 4.78 is -0.162. The first kappa shape index (κ1) is 14.7. The molecule has 0 aromatic carbocycles. The molecular formula is C16H28N2OS. The van der Waals surface area contributed by atoms with Crippen LogP contribution in [0, 0.1) is 0 Å². The minimum absolute atomic E-state index is 0.162. The van der Waals surface area contributed by atoms with Crippen molar-refractivity contribution in [3.8, 4) is 0 Å². The van der Waals surface area contributed by atoms with E-state index in [4.69, 9.17) is 0 Å². The lowest BCUT2D eigenvalue weighted by Crippen LogP contribution is -2.58. The Labute approximate surface area is 127 Å². The van der Waals surface area contributed by atoms with Crippen molar-refractivity contribution in [3.63, 3.8) is 0 Å². The molecule has 4 heteroatoms. The Morgan fingerprint density at radius 3 is 2.70 bits per heavy atom. The zero-order valence-corrected chi connectivity index (χ0v) is 13.5. The van der Waals surface area contributed by atoms with E-state index in [1.807, 2.05) is 11.8 Å².